The molecule has 4 saturated carbocycles. The zero-order valence-corrected chi connectivity index (χ0v) is 15.0. The van der Waals surface area contributed by atoms with Crippen LogP contribution in [0.4, 0.5) is 0 Å². The van der Waals surface area contributed by atoms with E-state index in [9.17, 15) is 24.9 Å². The summed E-state index contributed by atoms with van der Waals surface area (Å²) in [5.74, 6) is -2.29. The second kappa shape index (κ2) is 4.53. The SMILES string of the molecule is C=C1CC23CC1(O)C(O)CC2C12CCCC(C)(C(=O)OC1)C2C3C(=O)O. The van der Waals surface area contributed by atoms with Crippen molar-refractivity contribution in [2.24, 2.45) is 34.0 Å². The Morgan fingerprint density at radius 3 is 2.73 bits per heavy atom. The Morgan fingerprint density at radius 2 is 2.04 bits per heavy atom. The highest BCUT2D eigenvalue weighted by Crippen LogP contribution is 2.79. The molecule has 26 heavy (non-hydrogen) atoms. The number of aliphatic hydroxyl groups is 2. The lowest BCUT2D eigenvalue weighted by molar-refractivity contribution is -0.202. The minimum atomic E-state index is -1.41. The molecule has 0 aromatic heterocycles. The monoisotopic (exact) mass is 362 g/mol. The van der Waals surface area contributed by atoms with E-state index in [1.54, 1.807) is 0 Å². The van der Waals surface area contributed by atoms with Gasteiger partial charge in [0, 0.05) is 5.41 Å². The number of fused-ring (bicyclic) bond motifs is 1. The second-order valence-electron chi connectivity index (χ2n) is 9.79. The van der Waals surface area contributed by atoms with Crippen molar-refractivity contribution in [2.75, 3.05) is 6.61 Å². The van der Waals surface area contributed by atoms with Crippen LogP contribution in [0.15, 0.2) is 12.2 Å². The van der Waals surface area contributed by atoms with Gasteiger partial charge in [-0.25, -0.2) is 0 Å². The minimum Gasteiger partial charge on any atom is -0.481 e. The zero-order valence-electron chi connectivity index (χ0n) is 15.0. The van der Waals surface area contributed by atoms with Crippen molar-refractivity contribution in [3.63, 3.8) is 0 Å². The van der Waals surface area contributed by atoms with Crippen molar-refractivity contribution in [1.29, 1.82) is 0 Å². The van der Waals surface area contributed by atoms with E-state index in [-0.39, 0.29) is 30.8 Å². The predicted octanol–water partition coefficient (Wildman–Crippen LogP) is 1.50. The van der Waals surface area contributed by atoms with Gasteiger partial charge in [-0.3, -0.25) is 9.59 Å². The maximum atomic E-state index is 12.7. The first-order chi connectivity index (χ1) is 12.1. The fourth-order valence-electron chi connectivity index (χ4n) is 8.13. The molecule has 3 N–H and O–H groups in total. The van der Waals surface area contributed by atoms with E-state index in [0.29, 0.717) is 24.8 Å². The molecule has 0 aromatic carbocycles. The molecular formula is C20H26O6. The van der Waals surface area contributed by atoms with Crippen molar-refractivity contribution in [2.45, 2.75) is 57.2 Å². The Kier molecular flexibility index (Phi) is 2.92. The quantitative estimate of drug-likeness (QED) is 0.482. The van der Waals surface area contributed by atoms with Crippen LogP contribution in [0.1, 0.15) is 45.4 Å². The number of carboxylic acids is 1. The average molecular weight is 362 g/mol. The first kappa shape index (κ1) is 16.8. The molecule has 1 spiro atoms. The third kappa shape index (κ3) is 1.51. The Labute approximate surface area is 152 Å². The van der Waals surface area contributed by atoms with Crippen molar-refractivity contribution in [1.82, 2.24) is 0 Å². The Balaban J connectivity index is 1.77. The topological polar surface area (TPSA) is 104 Å². The van der Waals surface area contributed by atoms with Gasteiger partial charge in [0.15, 0.2) is 0 Å². The number of carboxylic acid groups (broad SMARTS) is 1. The van der Waals surface area contributed by atoms with E-state index in [1.165, 1.54) is 0 Å². The average Bonchev–Trinajstić information content (AvgIpc) is 2.94. The summed E-state index contributed by atoms with van der Waals surface area (Å²) < 4.78 is 5.62. The summed E-state index contributed by atoms with van der Waals surface area (Å²) in [6.07, 6.45) is 2.36. The lowest BCUT2D eigenvalue weighted by Crippen LogP contribution is -2.59. The molecule has 0 radical (unpaired) electrons. The highest BCUT2D eigenvalue weighted by molar-refractivity contribution is 5.82. The number of cyclic esters (lactones) is 1. The lowest BCUT2D eigenvalue weighted by Gasteiger charge is -2.56. The number of hydrogen-bond acceptors (Lipinski definition) is 5. The summed E-state index contributed by atoms with van der Waals surface area (Å²) >= 11 is 0. The molecule has 1 saturated heterocycles. The van der Waals surface area contributed by atoms with Gasteiger partial charge < -0.3 is 20.1 Å². The molecule has 6 nitrogen and oxygen atoms in total. The number of aliphatic carboxylic acids is 1. The van der Waals surface area contributed by atoms with Crippen LogP contribution >= 0.6 is 0 Å². The van der Waals surface area contributed by atoms with Crippen LogP contribution in [0.25, 0.3) is 0 Å². The van der Waals surface area contributed by atoms with Gasteiger partial charge in [0.25, 0.3) is 0 Å². The third-order valence-electron chi connectivity index (χ3n) is 8.95. The van der Waals surface area contributed by atoms with E-state index in [1.807, 2.05) is 6.92 Å². The maximum absolute atomic E-state index is 12.7. The molecule has 0 amide bonds. The Hall–Kier alpha value is -1.40. The molecule has 5 rings (SSSR count). The molecule has 1 aliphatic heterocycles. The van der Waals surface area contributed by atoms with Gasteiger partial charge in [-0.15, -0.1) is 0 Å². The van der Waals surface area contributed by atoms with Crippen LogP contribution in [0.2, 0.25) is 0 Å². The van der Waals surface area contributed by atoms with Crippen LogP contribution in [0, 0.1) is 34.0 Å². The lowest BCUT2D eigenvalue weighted by atomic mass is 9.51. The van der Waals surface area contributed by atoms with E-state index < -0.39 is 39.8 Å². The van der Waals surface area contributed by atoms with E-state index >= 15 is 0 Å². The normalized spacial score (nSPS) is 57.3. The summed E-state index contributed by atoms with van der Waals surface area (Å²) in [5, 5.41) is 32.0. The Morgan fingerprint density at radius 1 is 1.31 bits per heavy atom. The van der Waals surface area contributed by atoms with E-state index in [0.717, 1.165) is 12.8 Å². The summed E-state index contributed by atoms with van der Waals surface area (Å²) in [6.45, 7) is 6.10. The minimum absolute atomic E-state index is 0.0802. The summed E-state index contributed by atoms with van der Waals surface area (Å²) in [6, 6.07) is 0. The molecular weight excluding hydrogens is 336 g/mol. The molecule has 8 unspecified atom stereocenters. The molecule has 0 aromatic rings. The van der Waals surface area contributed by atoms with Gasteiger partial charge in [-0.1, -0.05) is 13.0 Å². The first-order valence-corrected chi connectivity index (χ1v) is 9.61. The van der Waals surface area contributed by atoms with Gasteiger partial charge >= 0.3 is 11.9 Å². The van der Waals surface area contributed by atoms with Crippen molar-refractivity contribution in [3.05, 3.63) is 12.2 Å². The summed E-state index contributed by atoms with van der Waals surface area (Å²) in [4.78, 5) is 25.2. The molecule has 5 aliphatic rings. The number of hydrogen-bond donors (Lipinski definition) is 3. The molecule has 8 atom stereocenters. The molecule has 4 bridgehead atoms. The van der Waals surface area contributed by atoms with Crippen molar-refractivity contribution in [3.8, 4) is 0 Å². The van der Waals surface area contributed by atoms with Crippen LogP contribution in [0.3, 0.4) is 0 Å². The largest absolute Gasteiger partial charge is 0.481 e. The maximum Gasteiger partial charge on any atom is 0.312 e. The number of carbonyl (C=O) groups is 2. The fourth-order valence-corrected chi connectivity index (χ4v) is 8.13. The number of ether oxygens (including phenoxy) is 1. The number of rotatable bonds is 1. The summed E-state index contributed by atoms with van der Waals surface area (Å²) in [7, 11) is 0. The number of aliphatic hydroxyl groups excluding tert-OH is 1. The number of carbonyl (C=O) groups excluding carboxylic acids is 1. The molecule has 4 aliphatic carbocycles. The molecule has 5 fully saturated rings. The van der Waals surface area contributed by atoms with E-state index in [4.69, 9.17) is 4.74 Å². The summed E-state index contributed by atoms with van der Waals surface area (Å²) in [5.41, 5.74) is -2.74. The van der Waals surface area contributed by atoms with Gasteiger partial charge in [-0.05, 0) is 61.9 Å². The standard InChI is InChI=1S/C20H26O6/c1-10-7-19-8-20(10,25)12(21)6-11(19)18-5-3-4-17(2,16(24)26-9-18)14(18)13(19)15(22)23/h11-14,21,25H,1,3-9H2,2H3,(H,22,23). The van der Waals surface area contributed by atoms with Crippen LogP contribution in [0.5, 0.6) is 0 Å². The highest BCUT2D eigenvalue weighted by atomic mass is 16.5. The van der Waals surface area contributed by atoms with Gasteiger partial charge in [0.2, 0.25) is 0 Å². The smallest absolute Gasteiger partial charge is 0.312 e. The zero-order chi connectivity index (χ0) is 18.7. The highest BCUT2D eigenvalue weighted by Gasteiger charge is 2.81. The molecule has 142 valence electrons. The first-order valence-electron chi connectivity index (χ1n) is 9.61. The molecule has 6 heteroatoms. The van der Waals surface area contributed by atoms with Crippen molar-refractivity contribution >= 4 is 11.9 Å². The van der Waals surface area contributed by atoms with Crippen LogP contribution in [-0.4, -0.2) is 45.6 Å². The van der Waals surface area contributed by atoms with E-state index in [2.05, 4.69) is 6.58 Å². The van der Waals surface area contributed by atoms with Crippen molar-refractivity contribution < 1.29 is 29.6 Å². The Bertz CT molecular complexity index is 747. The molecule has 1 heterocycles. The van der Waals surface area contributed by atoms with Gasteiger partial charge in [-0.2, -0.15) is 0 Å². The van der Waals surface area contributed by atoms with Crippen LogP contribution in [-0.2, 0) is 14.3 Å². The van der Waals surface area contributed by atoms with Crippen LogP contribution < -0.4 is 0 Å². The second-order valence-corrected chi connectivity index (χ2v) is 9.79. The predicted molar refractivity (Wildman–Crippen MR) is 89.8 cm³/mol. The van der Waals surface area contributed by atoms with Gasteiger partial charge in [0.1, 0.15) is 5.60 Å². The third-order valence-corrected chi connectivity index (χ3v) is 8.95. The fraction of sp³-hybridized carbons (Fsp3) is 0.800. The number of esters is 1. The van der Waals surface area contributed by atoms with Gasteiger partial charge in [0.05, 0.1) is 24.0 Å².